The van der Waals surface area contributed by atoms with Crippen LogP contribution in [0.25, 0.3) is 0 Å². The second-order valence-corrected chi connectivity index (χ2v) is 11.3. The first-order valence-corrected chi connectivity index (χ1v) is 15.0. The Labute approximate surface area is 259 Å². The van der Waals surface area contributed by atoms with Gasteiger partial charge in [-0.1, -0.05) is 32.1 Å². The zero-order valence-electron chi connectivity index (χ0n) is 23.7. The van der Waals surface area contributed by atoms with Crippen LogP contribution in [-0.4, -0.2) is 90.9 Å². The van der Waals surface area contributed by atoms with Gasteiger partial charge >= 0.3 is 0 Å². The average Bonchev–Trinajstić information content (AvgIpc) is 3.25. The van der Waals surface area contributed by atoms with Gasteiger partial charge in [0.05, 0.1) is 13.2 Å². The summed E-state index contributed by atoms with van der Waals surface area (Å²) in [5.41, 5.74) is 0. The largest absolute Gasteiger partial charge is 0.378 e. The zero-order valence-corrected chi connectivity index (χ0v) is 26.2. The molecule has 0 bridgehead atoms. The van der Waals surface area contributed by atoms with Crippen molar-refractivity contribution in [3.8, 4) is 0 Å². The molecule has 4 heterocycles. The molecule has 1 saturated carbocycles. The molecule has 9 nitrogen and oxygen atoms in total. The van der Waals surface area contributed by atoms with Gasteiger partial charge in [-0.05, 0) is 57.6 Å². The van der Waals surface area contributed by atoms with E-state index in [1.54, 1.807) is 0 Å². The molecule has 1 amide bonds. The van der Waals surface area contributed by atoms with Gasteiger partial charge < -0.3 is 25.6 Å². The SMILES string of the molecule is Cl.Cl.Cl.O=C(NCCC1C(Nc2nccc(N3CCCCCC3)n2)CCCN1C1CCCCC1)C1COCCN1. The highest BCUT2D eigenvalue weighted by atomic mass is 35.5. The molecule has 1 aliphatic carbocycles. The van der Waals surface area contributed by atoms with Crippen molar-refractivity contribution >= 4 is 54.9 Å². The van der Waals surface area contributed by atoms with E-state index in [0.717, 1.165) is 50.8 Å². The number of aromatic nitrogens is 2. The Balaban J connectivity index is 0.00000187. The molecular formula is C28H50Cl3N7O2. The Morgan fingerprint density at radius 1 is 0.975 bits per heavy atom. The Morgan fingerprint density at radius 2 is 1.73 bits per heavy atom. The first-order valence-electron chi connectivity index (χ1n) is 15.0. The molecular weight excluding hydrogens is 573 g/mol. The lowest BCUT2D eigenvalue weighted by molar-refractivity contribution is -0.126. The summed E-state index contributed by atoms with van der Waals surface area (Å²) in [6.45, 7) is 5.86. The summed E-state index contributed by atoms with van der Waals surface area (Å²) in [6, 6.07) is 3.11. The van der Waals surface area contributed by atoms with E-state index in [-0.39, 0.29) is 55.2 Å². The zero-order chi connectivity index (χ0) is 25.3. The fourth-order valence-electron chi connectivity index (χ4n) is 6.75. The van der Waals surface area contributed by atoms with Crippen molar-refractivity contribution in [3.05, 3.63) is 12.3 Å². The van der Waals surface area contributed by atoms with Crippen LogP contribution in [0.2, 0.25) is 0 Å². The quantitative estimate of drug-likeness (QED) is 0.397. The Kier molecular flexibility index (Phi) is 16.2. The van der Waals surface area contributed by atoms with Crippen molar-refractivity contribution in [2.24, 2.45) is 0 Å². The van der Waals surface area contributed by atoms with Crippen LogP contribution in [0, 0.1) is 0 Å². The van der Waals surface area contributed by atoms with Gasteiger partial charge in [0.25, 0.3) is 0 Å². The maximum atomic E-state index is 12.7. The van der Waals surface area contributed by atoms with E-state index < -0.39 is 0 Å². The van der Waals surface area contributed by atoms with E-state index in [1.807, 2.05) is 6.20 Å². The van der Waals surface area contributed by atoms with Crippen LogP contribution in [0.15, 0.2) is 12.3 Å². The molecule has 5 rings (SSSR count). The number of hydrogen-bond donors (Lipinski definition) is 3. The second kappa shape index (κ2) is 18.4. The van der Waals surface area contributed by atoms with Crippen molar-refractivity contribution < 1.29 is 9.53 Å². The van der Waals surface area contributed by atoms with Gasteiger partial charge in [0.15, 0.2) is 0 Å². The molecule has 0 spiro atoms. The average molecular weight is 623 g/mol. The number of halogens is 3. The standard InChI is InChI=1S/C28H47N7O2.3ClH/c36-27(24-21-37-20-16-29-24)30-14-12-25-23(11-8-19-35(25)22-9-4-3-5-10-22)32-28-31-15-13-26(33-28)34-17-6-1-2-7-18-34;;;/h13,15,22-25,29H,1-12,14,16-21H2,(H,30,36)(H,31,32,33);3*1H. The molecule has 4 fully saturated rings. The van der Waals surface area contributed by atoms with Crippen LogP contribution >= 0.6 is 37.2 Å². The highest BCUT2D eigenvalue weighted by Crippen LogP contribution is 2.31. The lowest BCUT2D eigenvalue weighted by Gasteiger charge is -2.47. The number of hydrogen-bond acceptors (Lipinski definition) is 8. The summed E-state index contributed by atoms with van der Waals surface area (Å²) in [5, 5.41) is 10.2. The smallest absolute Gasteiger partial charge is 0.239 e. The summed E-state index contributed by atoms with van der Waals surface area (Å²) in [6.07, 6.45) is 16.8. The molecule has 1 aromatic heterocycles. The van der Waals surface area contributed by atoms with Gasteiger partial charge in [0.2, 0.25) is 11.9 Å². The topological polar surface area (TPSA) is 94.7 Å². The number of anilines is 2. The minimum Gasteiger partial charge on any atom is -0.378 e. The maximum Gasteiger partial charge on any atom is 0.239 e. The highest BCUT2D eigenvalue weighted by molar-refractivity contribution is 5.86. The number of nitrogens with zero attached hydrogens (tertiary/aromatic N) is 4. The van der Waals surface area contributed by atoms with E-state index in [1.165, 1.54) is 64.2 Å². The summed E-state index contributed by atoms with van der Waals surface area (Å²) in [5.74, 6) is 1.85. The Morgan fingerprint density at radius 3 is 2.45 bits per heavy atom. The van der Waals surface area contributed by atoms with Crippen LogP contribution in [0.5, 0.6) is 0 Å². The molecule has 3 aliphatic heterocycles. The summed E-state index contributed by atoms with van der Waals surface area (Å²) in [4.78, 5) is 27.5. The molecule has 1 aromatic rings. The van der Waals surface area contributed by atoms with Crippen LogP contribution < -0.4 is 20.9 Å². The van der Waals surface area contributed by atoms with Gasteiger partial charge in [0, 0.05) is 50.5 Å². The van der Waals surface area contributed by atoms with Crippen molar-refractivity contribution in [3.63, 3.8) is 0 Å². The predicted molar refractivity (Wildman–Crippen MR) is 169 cm³/mol. The number of nitrogens with one attached hydrogen (secondary N) is 3. The van der Waals surface area contributed by atoms with Gasteiger partial charge in [-0.25, -0.2) is 4.98 Å². The molecule has 3 atom stereocenters. The lowest BCUT2D eigenvalue weighted by atomic mass is 9.87. The summed E-state index contributed by atoms with van der Waals surface area (Å²) < 4.78 is 5.48. The fourth-order valence-corrected chi connectivity index (χ4v) is 6.75. The normalized spacial score (nSPS) is 26.3. The third kappa shape index (κ3) is 9.73. The number of morpholine rings is 1. The van der Waals surface area contributed by atoms with Crippen LogP contribution in [-0.2, 0) is 9.53 Å². The molecule has 40 heavy (non-hydrogen) atoms. The van der Waals surface area contributed by atoms with E-state index in [0.29, 0.717) is 31.8 Å². The molecule has 3 N–H and O–H groups in total. The highest BCUT2D eigenvalue weighted by Gasteiger charge is 2.36. The van der Waals surface area contributed by atoms with E-state index >= 15 is 0 Å². The van der Waals surface area contributed by atoms with Crippen LogP contribution in [0.3, 0.4) is 0 Å². The number of ether oxygens (including phenoxy) is 1. The minimum atomic E-state index is -0.237. The summed E-state index contributed by atoms with van der Waals surface area (Å²) in [7, 11) is 0. The molecule has 0 aromatic carbocycles. The number of piperidine rings is 1. The van der Waals surface area contributed by atoms with E-state index in [4.69, 9.17) is 9.72 Å². The first kappa shape index (κ1) is 35.1. The number of carbonyl (C=O) groups is 1. The molecule has 0 radical (unpaired) electrons. The molecule has 230 valence electrons. The number of carbonyl (C=O) groups excluding carboxylic acids is 1. The van der Waals surface area contributed by atoms with E-state index in [2.05, 4.69) is 36.8 Å². The van der Waals surface area contributed by atoms with Gasteiger partial charge in [-0.3, -0.25) is 9.69 Å². The molecule has 4 aliphatic rings. The Bertz CT molecular complexity index is 851. The minimum absolute atomic E-state index is 0. The molecule has 3 unspecified atom stereocenters. The third-order valence-electron chi connectivity index (χ3n) is 8.73. The van der Waals surface area contributed by atoms with Gasteiger partial charge in [-0.2, -0.15) is 4.98 Å². The Hall–Kier alpha value is -1.10. The monoisotopic (exact) mass is 621 g/mol. The number of likely N-dealkylation sites (tertiary alicyclic amines) is 1. The fraction of sp³-hybridized carbons (Fsp3) is 0.821. The summed E-state index contributed by atoms with van der Waals surface area (Å²) >= 11 is 0. The number of rotatable bonds is 8. The lowest BCUT2D eigenvalue weighted by Crippen LogP contribution is -2.57. The third-order valence-corrected chi connectivity index (χ3v) is 8.73. The van der Waals surface area contributed by atoms with E-state index in [9.17, 15) is 4.79 Å². The van der Waals surface area contributed by atoms with Gasteiger partial charge in [-0.15, -0.1) is 37.2 Å². The van der Waals surface area contributed by atoms with Gasteiger partial charge in [0.1, 0.15) is 11.9 Å². The van der Waals surface area contributed by atoms with Crippen LogP contribution in [0.4, 0.5) is 11.8 Å². The molecule has 3 saturated heterocycles. The number of amides is 1. The van der Waals surface area contributed by atoms with Crippen molar-refractivity contribution in [2.75, 3.05) is 56.2 Å². The maximum absolute atomic E-state index is 12.7. The molecule has 12 heteroatoms. The first-order chi connectivity index (χ1) is 18.3. The van der Waals surface area contributed by atoms with Crippen LogP contribution in [0.1, 0.15) is 77.0 Å². The second-order valence-electron chi connectivity index (χ2n) is 11.3. The van der Waals surface area contributed by atoms with Crippen molar-refractivity contribution in [1.29, 1.82) is 0 Å². The van der Waals surface area contributed by atoms with Crippen molar-refractivity contribution in [2.45, 2.75) is 101 Å². The predicted octanol–water partition coefficient (Wildman–Crippen LogP) is 4.19. The van der Waals surface area contributed by atoms with Crippen molar-refractivity contribution in [1.82, 2.24) is 25.5 Å².